The monoisotopic (exact) mass is 280 g/mol. The van der Waals surface area contributed by atoms with E-state index in [1.54, 1.807) is 6.21 Å². The van der Waals surface area contributed by atoms with Crippen LogP contribution < -0.4 is 5.43 Å². The molecule has 21 heavy (non-hydrogen) atoms. The first-order valence-corrected chi connectivity index (χ1v) is 7.08. The Hall–Kier alpha value is -2.42. The predicted molar refractivity (Wildman–Crippen MR) is 86.4 cm³/mol. The Morgan fingerprint density at radius 2 is 1.90 bits per heavy atom. The van der Waals surface area contributed by atoms with Gasteiger partial charge in [0.1, 0.15) is 0 Å². The van der Waals surface area contributed by atoms with Crippen LogP contribution in [0.25, 0.3) is 0 Å². The molecule has 0 saturated heterocycles. The van der Waals surface area contributed by atoms with Crippen LogP contribution in [0.2, 0.25) is 0 Å². The second-order valence-electron chi connectivity index (χ2n) is 5.14. The Kier molecular flexibility index (Phi) is 5.27. The molecule has 0 heterocycles. The first-order chi connectivity index (χ1) is 10.1. The molecule has 0 bridgehead atoms. The number of amides is 1. The van der Waals surface area contributed by atoms with Crippen LogP contribution in [0.15, 0.2) is 53.6 Å². The van der Waals surface area contributed by atoms with Gasteiger partial charge >= 0.3 is 0 Å². The van der Waals surface area contributed by atoms with Gasteiger partial charge in [0.05, 0.1) is 6.21 Å². The van der Waals surface area contributed by atoms with Crippen molar-refractivity contribution in [3.05, 3.63) is 70.8 Å². The molecule has 0 spiro atoms. The zero-order valence-corrected chi connectivity index (χ0v) is 12.5. The molecule has 3 heteroatoms. The predicted octanol–water partition coefficient (Wildman–Crippen LogP) is 3.39. The summed E-state index contributed by atoms with van der Waals surface area (Å²) in [6, 6.07) is 16.1. The van der Waals surface area contributed by atoms with Gasteiger partial charge in [-0.1, -0.05) is 54.1 Å². The van der Waals surface area contributed by atoms with Gasteiger partial charge in [-0.05, 0) is 37.0 Å². The Morgan fingerprint density at radius 3 is 2.62 bits per heavy atom. The molecule has 2 aromatic carbocycles. The molecule has 3 nitrogen and oxygen atoms in total. The van der Waals surface area contributed by atoms with Crippen LogP contribution in [0.4, 0.5) is 0 Å². The number of carbonyl (C=O) groups excluding carboxylic acids is 1. The summed E-state index contributed by atoms with van der Waals surface area (Å²) >= 11 is 0. The maximum Gasteiger partial charge on any atom is 0.240 e. The minimum Gasteiger partial charge on any atom is -0.273 e. The number of nitrogens with zero attached hydrogens (tertiary/aromatic N) is 1. The third-order valence-corrected chi connectivity index (χ3v) is 3.30. The van der Waals surface area contributed by atoms with Crippen molar-refractivity contribution in [2.45, 2.75) is 26.7 Å². The number of hydrogen-bond acceptors (Lipinski definition) is 2. The number of rotatable bonds is 5. The lowest BCUT2D eigenvalue weighted by Gasteiger charge is -2.02. The van der Waals surface area contributed by atoms with E-state index in [4.69, 9.17) is 0 Å². The first kappa shape index (κ1) is 15.0. The molecular weight excluding hydrogens is 260 g/mol. The highest BCUT2D eigenvalue weighted by Gasteiger charge is 2.00. The van der Waals surface area contributed by atoms with Crippen molar-refractivity contribution in [3.63, 3.8) is 0 Å². The van der Waals surface area contributed by atoms with E-state index in [2.05, 4.69) is 23.5 Å². The van der Waals surface area contributed by atoms with E-state index in [9.17, 15) is 4.79 Å². The van der Waals surface area contributed by atoms with Crippen LogP contribution in [0, 0.1) is 13.8 Å². The Balaban J connectivity index is 1.82. The molecule has 1 N–H and O–H groups in total. The molecule has 0 aliphatic heterocycles. The van der Waals surface area contributed by atoms with Crippen LogP contribution in [0.3, 0.4) is 0 Å². The lowest BCUT2D eigenvalue weighted by molar-refractivity contribution is -0.121. The minimum absolute atomic E-state index is 0.0696. The van der Waals surface area contributed by atoms with Gasteiger partial charge in [0.2, 0.25) is 5.91 Å². The van der Waals surface area contributed by atoms with E-state index < -0.39 is 0 Å². The molecule has 0 saturated carbocycles. The van der Waals surface area contributed by atoms with Crippen LogP contribution in [-0.4, -0.2) is 12.1 Å². The van der Waals surface area contributed by atoms with Gasteiger partial charge in [0.25, 0.3) is 0 Å². The van der Waals surface area contributed by atoms with Crippen molar-refractivity contribution in [1.29, 1.82) is 0 Å². The zero-order chi connectivity index (χ0) is 15.1. The van der Waals surface area contributed by atoms with Crippen molar-refractivity contribution in [3.8, 4) is 0 Å². The highest BCUT2D eigenvalue weighted by atomic mass is 16.2. The first-order valence-electron chi connectivity index (χ1n) is 7.08. The lowest BCUT2D eigenvalue weighted by Crippen LogP contribution is -2.17. The molecule has 0 aliphatic rings. The SMILES string of the molecule is Cc1ccc(/C=N/NC(=O)CCc2ccccc2)c(C)c1. The van der Waals surface area contributed by atoms with Crippen molar-refractivity contribution in [2.24, 2.45) is 5.10 Å². The van der Waals surface area contributed by atoms with Gasteiger partial charge < -0.3 is 0 Å². The molecule has 108 valence electrons. The van der Waals surface area contributed by atoms with Crippen LogP contribution in [0.1, 0.15) is 28.7 Å². The van der Waals surface area contributed by atoms with E-state index >= 15 is 0 Å². The van der Waals surface area contributed by atoms with E-state index in [1.807, 2.05) is 49.4 Å². The van der Waals surface area contributed by atoms with Crippen LogP contribution >= 0.6 is 0 Å². The average Bonchev–Trinajstić information content (AvgIpc) is 2.48. The summed E-state index contributed by atoms with van der Waals surface area (Å²) in [7, 11) is 0. The molecule has 0 fully saturated rings. The summed E-state index contributed by atoms with van der Waals surface area (Å²) in [5.41, 5.74) is 7.12. The summed E-state index contributed by atoms with van der Waals surface area (Å²) in [5.74, 6) is -0.0696. The third-order valence-electron chi connectivity index (χ3n) is 3.30. The van der Waals surface area contributed by atoms with E-state index in [0.717, 1.165) is 23.1 Å². The third kappa shape index (κ3) is 4.88. The van der Waals surface area contributed by atoms with Gasteiger partial charge in [-0.25, -0.2) is 5.43 Å². The quantitative estimate of drug-likeness (QED) is 0.662. The molecular formula is C18H20N2O. The van der Waals surface area contributed by atoms with Gasteiger partial charge in [0.15, 0.2) is 0 Å². The molecule has 0 aromatic heterocycles. The van der Waals surface area contributed by atoms with Crippen molar-refractivity contribution in [1.82, 2.24) is 5.43 Å². The highest BCUT2D eigenvalue weighted by molar-refractivity contribution is 5.83. The van der Waals surface area contributed by atoms with E-state index in [0.29, 0.717) is 6.42 Å². The number of nitrogens with one attached hydrogen (secondary N) is 1. The van der Waals surface area contributed by atoms with Crippen LogP contribution in [-0.2, 0) is 11.2 Å². The summed E-state index contributed by atoms with van der Waals surface area (Å²) in [6.07, 6.45) is 2.86. The van der Waals surface area contributed by atoms with Crippen molar-refractivity contribution >= 4 is 12.1 Å². The van der Waals surface area contributed by atoms with E-state index in [-0.39, 0.29) is 5.91 Å². The minimum atomic E-state index is -0.0696. The Labute approximate surface area is 125 Å². The maximum absolute atomic E-state index is 11.7. The second-order valence-corrected chi connectivity index (χ2v) is 5.14. The topological polar surface area (TPSA) is 41.5 Å². The van der Waals surface area contributed by atoms with Gasteiger partial charge in [-0.15, -0.1) is 0 Å². The van der Waals surface area contributed by atoms with E-state index in [1.165, 1.54) is 5.56 Å². The summed E-state index contributed by atoms with van der Waals surface area (Å²) < 4.78 is 0. The second kappa shape index (κ2) is 7.39. The van der Waals surface area contributed by atoms with Crippen molar-refractivity contribution < 1.29 is 4.79 Å². The number of aryl methyl sites for hydroxylation is 3. The molecule has 2 rings (SSSR count). The molecule has 0 aliphatic carbocycles. The fraction of sp³-hybridized carbons (Fsp3) is 0.222. The largest absolute Gasteiger partial charge is 0.273 e. The van der Waals surface area contributed by atoms with Gasteiger partial charge in [0, 0.05) is 6.42 Å². The smallest absolute Gasteiger partial charge is 0.240 e. The summed E-state index contributed by atoms with van der Waals surface area (Å²) in [5, 5.41) is 4.02. The summed E-state index contributed by atoms with van der Waals surface area (Å²) in [6.45, 7) is 4.09. The maximum atomic E-state index is 11.7. The molecule has 0 radical (unpaired) electrons. The Bertz CT molecular complexity index is 633. The summed E-state index contributed by atoms with van der Waals surface area (Å²) in [4.78, 5) is 11.7. The Morgan fingerprint density at radius 1 is 1.14 bits per heavy atom. The zero-order valence-electron chi connectivity index (χ0n) is 12.5. The molecule has 0 atom stereocenters. The normalized spacial score (nSPS) is 10.8. The fourth-order valence-corrected chi connectivity index (χ4v) is 2.10. The number of hydrogen-bond donors (Lipinski definition) is 1. The van der Waals surface area contributed by atoms with Crippen LogP contribution in [0.5, 0.6) is 0 Å². The lowest BCUT2D eigenvalue weighted by atomic mass is 10.1. The molecule has 1 amide bonds. The fourth-order valence-electron chi connectivity index (χ4n) is 2.10. The van der Waals surface area contributed by atoms with Crippen molar-refractivity contribution in [2.75, 3.05) is 0 Å². The molecule has 2 aromatic rings. The van der Waals surface area contributed by atoms with Gasteiger partial charge in [-0.2, -0.15) is 5.10 Å². The highest BCUT2D eigenvalue weighted by Crippen LogP contribution is 2.08. The number of hydrazone groups is 1. The molecule has 0 unspecified atom stereocenters. The number of carbonyl (C=O) groups is 1. The average molecular weight is 280 g/mol. The van der Waals surface area contributed by atoms with Gasteiger partial charge in [-0.3, -0.25) is 4.79 Å². The standard InChI is InChI=1S/C18H20N2O/c1-14-8-10-17(15(2)12-14)13-19-20-18(21)11-9-16-6-4-3-5-7-16/h3-8,10,12-13H,9,11H2,1-2H3,(H,20,21)/b19-13+. The number of benzene rings is 2.